The number of nitrogens with one attached hydrogen (secondary N) is 1. The number of thiophene rings is 1. The molecule has 3 aromatic rings. The molecular weight excluding hydrogens is 346 g/mol. The summed E-state index contributed by atoms with van der Waals surface area (Å²) in [6.07, 6.45) is 1.60. The SMILES string of the molecule is O=C(/C=C(/Br)c1ccc(-c2ccccc2)[nH]1)c1cccs1. The largest absolute Gasteiger partial charge is 0.354 e. The van der Waals surface area contributed by atoms with E-state index in [0.717, 1.165) is 26.3 Å². The normalized spacial score (nSPS) is 11.6. The number of hydrogen-bond donors (Lipinski definition) is 1. The first-order valence-electron chi connectivity index (χ1n) is 6.44. The lowest BCUT2D eigenvalue weighted by molar-refractivity contribution is 0.105. The average molecular weight is 358 g/mol. The maximum absolute atomic E-state index is 12.1. The van der Waals surface area contributed by atoms with Crippen molar-refractivity contribution in [2.75, 3.05) is 0 Å². The molecule has 0 aliphatic carbocycles. The van der Waals surface area contributed by atoms with Crippen LogP contribution in [0.4, 0.5) is 0 Å². The topological polar surface area (TPSA) is 32.9 Å². The fraction of sp³-hybridized carbons (Fsp3) is 0. The first kappa shape index (κ1) is 14.0. The summed E-state index contributed by atoms with van der Waals surface area (Å²) in [5, 5.41) is 1.90. The molecule has 0 radical (unpaired) electrons. The van der Waals surface area contributed by atoms with Crippen LogP contribution in [-0.4, -0.2) is 10.8 Å². The van der Waals surface area contributed by atoms with Gasteiger partial charge >= 0.3 is 0 Å². The van der Waals surface area contributed by atoms with Gasteiger partial charge in [0, 0.05) is 16.3 Å². The molecule has 104 valence electrons. The van der Waals surface area contributed by atoms with Gasteiger partial charge in [0.2, 0.25) is 0 Å². The smallest absolute Gasteiger partial charge is 0.196 e. The predicted molar refractivity (Wildman–Crippen MR) is 91.8 cm³/mol. The Balaban J connectivity index is 1.84. The number of hydrogen-bond acceptors (Lipinski definition) is 2. The average Bonchev–Trinajstić information content (AvgIpc) is 3.20. The summed E-state index contributed by atoms with van der Waals surface area (Å²) in [6.45, 7) is 0. The van der Waals surface area contributed by atoms with Gasteiger partial charge in [0.1, 0.15) is 0 Å². The van der Waals surface area contributed by atoms with Gasteiger partial charge in [-0.1, -0.05) is 36.4 Å². The quantitative estimate of drug-likeness (QED) is 0.494. The highest BCUT2D eigenvalue weighted by atomic mass is 79.9. The van der Waals surface area contributed by atoms with Crippen molar-refractivity contribution in [3.05, 3.63) is 76.6 Å². The number of ketones is 1. The van der Waals surface area contributed by atoms with E-state index in [1.807, 2.05) is 60.0 Å². The Labute approximate surface area is 135 Å². The molecule has 0 bridgehead atoms. The minimum atomic E-state index is 0.00716. The Morgan fingerprint density at radius 1 is 1.05 bits per heavy atom. The van der Waals surface area contributed by atoms with Crippen LogP contribution in [0.1, 0.15) is 15.4 Å². The zero-order valence-electron chi connectivity index (χ0n) is 11.0. The van der Waals surface area contributed by atoms with E-state index < -0.39 is 0 Å². The van der Waals surface area contributed by atoms with Gasteiger partial charge < -0.3 is 4.98 Å². The maximum Gasteiger partial charge on any atom is 0.196 e. The molecule has 0 amide bonds. The van der Waals surface area contributed by atoms with E-state index in [1.165, 1.54) is 11.3 Å². The van der Waals surface area contributed by atoms with E-state index in [-0.39, 0.29) is 5.78 Å². The molecular formula is C17H12BrNOS. The monoisotopic (exact) mass is 357 g/mol. The van der Waals surface area contributed by atoms with E-state index in [9.17, 15) is 4.79 Å². The summed E-state index contributed by atoms with van der Waals surface area (Å²) in [7, 11) is 0. The van der Waals surface area contributed by atoms with Crippen LogP contribution >= 0.6 is 27.3 Å². The first-order chi connectivity index (χ1) is 10.2. The Morgan fingerprint density at radius 2 is 1.86 bits per heavy atom. The zero-order chi connectivity index (χ0) is 14.7. The van der Waals surface area contributed by atoms with Crippen molar-refractivity contribution in [1.29, 1.82) is 0 Å². The molecule has 0 saturated heterocycles. The number of benzene rings is 1. The van der Waals surface area contributed by atoms with E-state index in [2.05, 4.69) is 20.9 Å². The Bertz CT molecular complexity index is 772. The fourth-order valence-electron chi connectivity index (χ4n) is 2.00. The van der Waals surface area contributed by atoms with Crippen LogP contribution in [0.15, 0.2) is 66.1 Å². The van der Waals surface area contributed by atoms with Gasteiger partial charge in [-0.2, -0.15) is 0 Å². The van der Waals surface area contributed by atoms with Crippen LogP contribution in [0.5, 0.6) is 0 Å². The molecule has 1 N–H and O–H groups in total. The molecule has 0 aliphatic rings. The number of H-pyrrole nitrogens is 1. The number of rotatable bonds is 4. The second-order valence-corrected chi connectivity index (χ2v) is 6.29. The van der Waals surface area contributed by atoms with Crippen LogP contribution in [0.2, 0.25) is 0 Å². The zero-order valence-corrected chi connectivity index (χ0v) is 13.4. The number of allylic oxidation sites excluding steroid dienone is 1. The number of carbonyl (C=O) groups is 1. The molecule has 0 fully saturated rings. The highest BCUT2D eigenvalue weighted by molar-refractivity contribution is 9.15. The molecule has 21 heavy (non-hydrogen) atoms. The summed E-state index contributed by atoms with van der Waals surface area (Å²) < 4.78 is 0.753. The number of carbonyl (C=O) groups excluding carboxylic acids is 1. The lowest BCUT2D eigenvalue weighted by Crippen LogP contribution is -1.91. The highest BCUT2D eigenvalue weighted by Crippen LogP contribution is 2.26. The molecule has 4 heteroatoms. The van der Waals surface area contributed by atoms with E-state index >= 15 is 0 Å². The maximum atomic E-state index is 12.1. The summed E-state index contributed by atoms with van der Waals surface area (Å²) in [6, 6.07) is 17.8. The van der Waals surface area contributed by atoms with Crippen molar-refractivity contribution in [1.82, 2.24) is 4.98 Å². The molecule has 3 rings (SSSR count). The number of halogens is 1. The lowest BCUT2D eigenvalue weighted by atomic mass is 10.2. The van der Waals surface area contributed by atoms with Crippen molar-refractivity contribution in [3.8, 4) is 11.3 Å². The summed E-state index contributed by atoms with van der Waals surface area (Å²) >= 11 is 4.92. The van der Waals surface area contributed by atoms with Crippen LogP contribution in [0.3, 0.4) is 0 Å². The third-order valence-corrected chi connectivity index (χ3v) is 4.59. The van der Waals surface area contributed by atoms with Crippen LogP contribution in [-0.2, 0) is 0 Å². The van der Waals surface area contributed by atoms with E-state index in [1.54, 1.807) is 6.08 Å². The standard InChI is InChI=1S/C17H12BrNOS/c18-13(11-16(20)17-7-4-10-21-17)15-9-8-14(19-15)12-5-2-1-3-6-12/h1-11,19H/b13-11+. The van der Waals surface area contributed by atoms with Crippen molar-refractivity contribution in [2.45, 2.75) is 0 Å². The molecule has 2 nitrogen and oxygen atoms in total. The van der Waals surface area contributed by atoms with Crippen LogP contribution in [0.25, 0.3) is 15.7 Å². The molecule has 1 aromatic carbocycles. The molecule has 0 spiro atoms. The minimum Gasteiger partial charge on any atom is -0.354 e. The molecule has 0 aliphatic heterocycles. The van der Waals surface area contributed by atoms with Gasteiger partial charge in [0.25, 0.3) is 0 Å². The van der Waals surface area contributed by atoms with Gasteiger partial charge in [0.05, 0.1) is 10.6 Å². The molecule has 2 aromatic heterocycles. The molecule has 2 heterocycles. The molecule has 0 unspecified atom stereocenters. The van der Waals surface area contributed by atoms with Crippen molar-refractivity contribution in [2.24, 2.45) is 0 Å². The van der Waals surface area contributed by atoms with Crippen molar-refractivity contribution >= 4 is 37.5 Å². The second-order valence-electron chi connectivity index (χ2n) is 4.49. The van der Waals surface area contributed by atoms with Crippen LogP contribution in [0, 0.1) is 0 Å². The third kappa shape index (κ3) is 3.23. The van der Waals surface area contributed by atoms with E-state index in [4.69, 9.17) is 0 Å². The predicted octanol–water partition coefficient (Wildman–Crippen LogP) is 5.36. The van der Waals surface area contributed by atoms with Gasteiger partial charge in [0.15, 0.2) is 5.78 Å². The Hall–Kier alpha value is -1.91. The summed E-state index contributed by atoms with van der Waals surface area (Å²) in [4.78, 5) is 16.1. The first-order valence-corrected chi connectivity index (χ1v) is 8.11. The third-order valence-electron chi connectivity index (χ3n) is 3.05. The molecule has 0 saturated carbocycles. The lowest BCUT2D eigenvalue weighted by Gasteiger charge is -1.98. The van der Waals surface area contributed by atoms with Crippen molar-refractivity contribution in [3.63, 3.8) is 0 Å². The Kier molecular flexibility index (Phi) is 4.18. The Morgan fingerprint density at radius 3 is 2.57 bits per heavy atom. The fourth-order valence-corrected chi connectivity index (χ4v) is 3.08. The molecule has 0 atom stereocenters. The second kappa shape index (κ2) is 6.24. The van der Waals surface area contributed by atoms with Crippen LogP contribution < -0.4 is 0 Å². The van der Waals surface area contributed by atoms with Gasteiger partial charge in [-0.3, -0.25) is 4.79 Å². The highest BCUT2D eigenvalue weighted by Gasteiger charge is 2.08. The van der Waals surface area contributed by atoms with Gasteiger partial charge in [-0.15, -0.1) is 11.3 Å². The number of aromatic nitrogens is 1. The van der Waals surface area contributed by atoms with Crippen molar-refractivity contribution < 1.29 is 4.79 Å². The van der Waals surface area contributed by atoms with Gasteiger partial charge in [-0.05, 0) is 45.1 Å². The van der Waals surface area contributed by atoms with E-state index in [0.29, 0.717) is 0 Å². The summed E-state index contributed by atoms with van der Waals surface area (Å²) in [5.74, 6) is 0.00716. The minimum absolute atomic E-state index is 0.00716. The van der Waals surface area contributed by atoms with Gasteiger partial charge in [-0.25, -0.2) is 0 Å². The summed E-state index contributed by atoms with van der Waals surface area (Å²) in [5.41, 5.74) is 3.03. The number of aromatic amines is 1.